The Morgan fingerprint density at radius 3 is 2.24 bits per heavy atom. The highest BCUT2D eigenvalue weighted by Crippen LogP contribution is 2.68. The molecule has 0 spiro atoms. The summed E-state index contributed by atoms with van der Waals surface area (Å²) >= 11 is 0. The highest BCUT2D eigenvalue weighted by Gasteiger charge is 2.68. The summed E-state index contributed by atoms with van der Waals surface area (Å²) in [4.78, 5) is 22.5. The SMILES string of the molecule is CC(C)(C)OC(=O)NC12CC(CC(N)=O)(C1)C2. The van der Waals surface area contributed by atoms with E-state index < -0.39 is 5.60 Å². The fourth-order valence-electron chi connectivity index (χ4n) is 3.21. The van der Waals surface area contributed by atoms with E-state index in [9.17, 15) is 9.59 Å². The minimum atomic E-state index is -0.474. The predicted molar refractivity (Wildman–Crippen MR) is 62.2 cm³/mol. The smallest absolute Gasteiger partial charge is 0.408 e. The van der Waals surface area contributed by atoms with Gasteiger partial charge in [0, 0.05) is 12.0 Å². The molecule has 0 atom stereocenters. The second-order valence-electron chi connectivity index (χ2n) is 6.58. The van der Waals surface area contributed by atoms with Gasteiger partial charge in [-0.2, -0.15) is 0 Å². The van der Waals surface area contributed by atoms with Gasteiger partial charge in [0.2, 0.25) is 5.91 Å². The molecule has 0 radical (unpaired) electrons. The fourth-order valence-corrected chi connectivity index (χ4v) is 3.21. The first-order valence-electron chi connectivity index (χ1n) is 5.93. The minimum Gasteiger partial charge on any atom is -0.444 e. The maximum absolute atomic E-state index is 11.6. The molecule has 0 aromatic rings. The zero-order valence-corrected chi connectivity index (χ0v) is 10.6. The summed E-state index contributed by atoms with van der Waals surface area (Å²) in [7, 11) is 0. The van der Waals surface area contributed by atoms with Crippen molar-refractivity contribution in [3.05, 3.63) is 0 Å². The summed E-state index contributed by atoms with van der Waals surface area (Å²) in [6.45, 7) is 5.51. The summed E-state index contributed by atoms with van der Waals surface area (Å²) < 4.78 is 5.21. The zero-order chi connectivity index (χ0) is 12.9. The van der Waals surface area contributed by atoms with Crippen LogP contribution in [0, 0.1) is 5.41 Å². The average molecular weight is 240 g/mol. The molecule has 0 heterocycles. The van der Waals surface area contributed by atoms with E-state index in [0.29, 0.717) is 6.42 Å². The van der Waals surface area contributed by atoms with Gasteiger partial charge in [0.25, 0.3) is 0 Å². The van der Waals surface area contributed by atoms with Crippen LogP contribution in [0.5, 0.6) is 0 Å². The molecule has 0 aromatic carbocycles. The number of ether oxygens (including phenoxy) is 1. The second-order valence-corrected chi connectivity index (χ2v) is 6.58. The van der Waals surface area contributed by atoms with Gasteiger partial charge in [0.1, 0.15) is 5.60 Å². The molecule has 3 saturated carbocycles. The number of primary amides is 1. The molecule has 96 valence electrons. The number of carbonyl (C=O) groups excluding carboxylic acids is 2. The van der Waals surface area contributed by atoms with Gasteiger partial charge >= 0.3 is 6.09 Å². The van der Waals surface area contributed by atoms with E-state index in [-0.39, 0.29) is 23.0 Å². The number of nitrogens with two attached hydrogens (primary N) is 1. The lowest BCUT2D eigenvalue weighted by Gasteiger charge is -2.70. The molecular formula is C12H20N2O3. The van der Waals surface area contributed by atoms with Crippen molar-refractivity contribution in [3.8, 4) is 0 Å². The van der Waals surface area contributed by atoms with Crippen molar-refractivity contribution in [2.24, 2.45) is 11.1 Å². The molecule has 5 nitrogen and oxygen atoms in total. The van der Waals surface area contributed by atoms with E-state index in [2.05, 4.69) is 5.32 Å². The van der Waals surface area contributed by atoms with Crippen molar-refractivity contribution in [2.75, 3.05) is 0 Å². The Labute approximate surface area is 101 Å². The van der Waals surface area contributed by atoms with E-state index in [4.69, 9.17) is 10.5 Å². The van der Waals surface area contributed by atoms with Crippen molar-refractivity contribution >= 4 is 12.0 Å². The lowest BCUT2D eigenvalue weighted by Crippen LogP contribution is -2.75. The van der Waals surface area contributed by atoms with Crippen LogP contribution in [0.2, 0.25) is 0 Å². The molecule has 5 heteroatoms. The Balaban J connectivity index is 1.78. The highest BCUT2D eigenvalue weighted by molar-refractivity contribution is 5.76. The second kappa shape index (κ2) is 3.37. The molecule has 3 aliphatic carbocycles. The highest BCUT2D eigenvalue weighted by atomic mass is 16.6. The third-order valence-corrected chi connectivity index (χ3v) is 3.46. The number of hydrogen-bond donors (Lipinski definition) is 2. The van der Waals surface area contributed by atoms with Crippen LogP contribution in [0.1, 0.15) is 46.5 Å². The first-order chi connectivity index (χ1) is 7.64. The Kier molecular flexibility index (Phi) is 2.42. The predicted octanol–water partition coefficient (Wildman–Crippen LogP) is 1.31. The Morgan fingerprint density at radius 1 is 1.29 bits per heavy atom. The summed E-state index contributed by atoms with van der Waals surface area (Å²) in [5.41, 5.74) is 4.66. The summed E-state index contributed by atoms with van der Waals surface area (Å²) in [6, 6.07) is 0. The van der Waals surface area contributed by atoms with E-state index in [1.165, 1.54) is 0 Å². The molecule has 0 aromatic heterocycles. The monoisotopic (exact) mass is 240 g/mol. The molecule has 0 saturated heterocycles. The molecule has 2 bridgehead atoms. The van der Waals surface area contributed by atoms with Crippen LogP contribution in [0.15, 0.2) is 0 Å². The van der Waals surface area contributed by atoms with Crippen LogP contribution in [0.4, 0.5) is 4.79 Å². The molecule has 17 heavy (non-hydrogen) atoms. The van der Waals surface area contributed by atoms with Crippen LogP contribution in [0.25, 0.3) is 0 Å². The van der Waals surface area contributed by atoms with Crippen LogP contribution in [-0.4, -0.2) is 23.1 Å². The van der Waals surface area contributed by atoms with Gasteiger partial charge in [-0.25, -0.2) is 4.79 Å². The molecule has 3 aliphatic rings. The van der Waals surface area contributed by atoms with Crippen LogP contribution < -0.4 is 11.1 Å². The maximum atomic E-state index is 11.6. The maximum Gasteiger partial charge on any atom is 0.408 e. The minimum absolute atomic E-state index is 0.0703. The van der Waals surface area contributed by atoms with Crippen molar-refractivity contribution < 1.29 is 14.3 Å². The molecule has 3 N–H and O–H groups in total. The lowest BCUT2D eigenvalue weighted by atomic mass is 9.38. The third kappa shape index (κ3) is 2.37. The van der Waals surface area contributed by atoms with Crippen molar-refractivity contribution in [1.82, 2.24) is 5.32 Å². The lowest BCUT2D eigenvalue weighted by molar-refractivity contribution is -0.163. The average Bonchev–Trinajstić information content (AvgIpc) is 1.92. The number of rotatable bonds is 3. The van der Waals surface area contributed by atoms with Crippen molar-refractivity contribution in [3.63, 3.8) is 0 Å². The number of hydrogen-bond acceptors (Lipinski definition) is 3. The third-order valence-electron chi connectivity index (χ3n) is 3.46. The van der Waals surface area contributed by atoms with Crippen LogP contribution >= 0.6 is 0 Å². The van der Waals surface area contributed by atoms with Gasteiger partial charge in [0.05, 0.1) is 0 Å². The molecular weight excluding hydrogens is 220 g/mol. The Morgan fingerprint density at radius 2 is 1.82 bits per heavy atom. The zero-order valence-electron chi connectivity index (χ0n) is 10.6. The van der Waals surface area contributed by atoms with Gasteiger partial charge in [-0.1, -0.05) is 0 Å². The van der Waals surface area contributed by atoms with Gasteiger partial charge in [-0.15, -0.1) is 0 Å². The number of alkyl carbamates (subject to hydrolysis) is 1. The quantitative estimate of drug-likeness (QED) is 0.780. The first kappa shape index (κ1) is 12.2. The van der Waals surface area contributed by atoms with E-state index >= 15 is 0 Å². The first-order valence-corrected chi connectivity index (χ1v) is 5.93. The topological polar surface area (TPSA) is 81.4 Å². The fraction of sp³-hybridized carbons (Fsp3) is 0.833. The summed E-state index contributed by atoms with van der Waals surface area (Å²) in [6.07, 6.45) is 2.61. The van der Waals surface area contributed by atoms with Gasteiger partial charge < -0.3 is 15.8 Å². The molecule has 0 aliphatic heterocycles. The number of carbonyl (C=O) groups is 2. The Hall–Kier alpha value is -1.26. The molecule has 3 rings (SSSR count). The van der Waals surface area contributed by atoms with E-state index in [1.54, 1.807) is 0 Å². The molecule has 2 amide bonds. The van der Waals surface area contributed by atoms with Crippen molar-refractivity contribution in [2.45, 2.75) is 57.6 Å². The normalized spacial score (nSPS) is 34.3. The number of amides is 2. The van der Waals surface area contributed by atoms with Gasteiger partial charge in [-0.05, 0) is 45.4 Å². The van der Waals surface area contributed by atoms with Crippen LogP contribution in [-0.2, 0) is 9.53 Å². The van der Waals surface area contributed by atoms with Gasteiger partial charge in [-0.3, -0.25) is 4.79 Å². The van der Waals surface area contributed by atoms with Gasteiger partial charge in [0.15, 0.2) is 0 Å². The van der Waals surface area contributed by atoms with Crippen LogP contribution in [0.3, 0.4) is 0 Å². The standard InChI is InChI=1S/C12H20N2O3/c1-10(2,3)17-9(16)14-12-5-11(6-12,7-12)4-8(13)15/h4-7H2,1-3H3,(H2,13,15)(H,14,16). The van der Waals surface area contributed by atoms with Crippen molar-refractivity contribution in [1.29, 1.82) is 0 Å². The number of nitrogens with one attached hydrogen (secondary N) is 1. The largest absolute Gasteiger partial charge is 0.444 e. The molecule has 0 unspecified atom stereocenters. The van der Waals surface area contributed by atoms with E-state index in [1.807, 2.05) is 20.8 Å². The summed E-state index contributed by atoms with van der Waals surface area (Å²) in [5.74, 6) is -0.254. The van der Waals surface area contributed by atoms with E-state index in [0.717, 1.165) is 19.3 Å². The Bertz CT molecular complexity index is 351. The molecule has 3 fully saturated rings. The summed E-state index contributed by atoms with van der Waals surface area (Å²) in [5, 5.41) is 2.90.